The molecule has 6 heteroatoms. The van der Waals surface area contributed by atoms with Crippen LogP contribution in [0.5, 0.6) is 0 Å². The number of hydrogen-bond donors (Lipinski definition) is 1. The maximum absolute atomic E-state index is 12.3. The van der Waals surface area contributed by atoms with Crippen LogP contribution in [0.25, 0.3) is 0 Å². The molecule has 0 atom stereocenters. The van der Waals surface area contributed by atoms with E-state index < -0.39 is 10.0 Å². The van der Waals surface area contributed by atoms with E-state index in [1.54, 1.807) is 18.2 Å². The van der Waals surface area contributed by atoms with Crippen molar-refractivity contribution in [2.75, 3.05) is 13.1 Å². The van der Waals surface area contributed by atoms with Crippen LogP contribution in [0.4, 0.5) is 0 Å². The molecule has 0 spiro atoms. The van der Waals surface area contributed by atoms with Gasteiger partial charge in [-0.2, -0.15) is 4.31 Å². The van der Waals surface area contributed by atoms with Crippen molar-refractivity contribution in [3.8, 4) is 0 Å². The van der Waals surface area contributed by atoms with Crippen molar-refractivity contribution in [3.05, 3.63) is 29.8 Å². The van der Waals surface area contributed by atoms with Gasteiger partial charge < -0.3 is 5.21 Å². The van der Waals surface area contributed by atoms with Gasteiger partial charge in [-0.05, 0) is 18.9 Å². The predicted molar refractivity (Wildman–Crippen MR) is 63.8 cm³/mol. The fourth-order valence-electron chi connectivity index (χ4n) is 1.95. The standard InChI is InChI=1S/C11H14N2O3S/c14-12-9-10-5-1-2-6-11(10)17(15,16)13-7-3-4-8-13/h1-2,5-6,9,14H,3-4,7-8H2. The lowest BCUT2D eigenvalue weighted by molar-refractivity contribution is 0.321. The summed E-state index contributed by atoms with van der Waals surface area (Å²) in [6, 6.07) is 6.52. The van der Waals surface area contributed by atoms with Gasteiger partial charge in [0.15, 0.2) is 0 Å². The van der Waals surface area contributed by atoms with Crippen molar-refractivity contribution >= 4 is 16.2 Å². The summed E-state index contributed by atoms with van der Waals surface area (Å²) in [5, 5.41) is 11.4. The van der Waals surface area contributed by atoms with E-state index in [4.69, 9.17) is 5.21 Å². The van der Waals surface area contributed by atoms with Crippen LogP contribution in [-0.2, 0) is 10.0 Å². The molecule has 0 saturated carbocycles. The molecule has 2 rings (SSSR count). The van der Waals surface area contributed by atoms with Crippen molar-refractivity contribution in [1.82, 2.24) is 4.31 Å². The third-order valence-electron chi connectivity index (χ3n) is 2.80. The Morgan fingerprint density at radius 1 is 1.24 bits per heavy atom. The first kappa shape index (κ1) is 12.1. The maximum Gasteiger partial charge on any atom is 0.243 e. The molecule has 0 amide bonds. The van der Waals surface area contributed by atoms with Crippen molar-refractivity contribution in [1.29, 1.82) is 0 Å². The van der Waals surface area contributed by atoms with E-state index in [-0.39, 0.29) is 4.90 Å². The van der Waals surface area contributed by atoms with Gasteiger partial charge in [0.05, 0.1) is 11.1 Å². The van der Waals surface area contributed by atoms with E-state index >= 15 is 0 Å². The van der Waals surface area contributed by atoms with Crippen molar-refractivity contribution < 1.29 is 13.6 Å². The summed E-state index contributed by atoms with van der Waals surface area (Å²) in [7, 11) is -3.46. The number of rotatable bonds is 3. The minimum Gasteiger partial charge on any atom is -0.411 e. The highest BCUT2D eigenvalue weighted by atomic mass is 32.2. The van der Waals surface area contributed by atoms with Gasteiger partial charge in [0.25, 0.3) is 0 Å². The lowest BCUT2D eigenvalue weighted by atomic mass is 10.2. The van der Waals surface area contributed by atoms with Gasteiger partial charge >= 0.3 is 0 Å². The SMILES string of the molecule is O=S(=O)(c1ccccc1C=NO)N1CCCC1. The second-order valence-corrected chi connectivity index (χ2v) is 5.80. The molecule has 0 aromatic heterocycles. The second kappa shape index (κ2) is 4.85. The topological polar surface area (TPSA) is 70.0 Å². The lowest BCUT2D eigenvalue weighted by Gasteiger charge is -2.16. The Morgan fingerprint density at radius 3 is 2.53 bits per heavy atom. The highest BCUT2D eigenvalue weighted by Gasteiger charge is 2.28. The average molecular weight is 254 g/mol. The summed E-state index contributed by atoms with van der Waals surface area (Å²) < 4.78 is 26.1. The molecule has 1 N–H and O–H groups in total. The van der Waals surface area contributed by atoms with Gasteiger partial charge in [-0.1, -0.05) is 23.4 Å². The van der Waals surface area contributed by atoms with Crippen LogP contribution in [0.3, 0.4) is 0 Å². The number of oxime groups is 1. The fraction of sp³-hybridized carbons (Fsp3) is 0.364. The normalized spacial score (nSPS) is 17.9. The Hall–Kier alpha value is -1.40. The molecular weight excluding hydrogens is 240 g/mol. The Balaban J connectivity index is 2.45. The Kier molecular flexibility index (Phi) is 3.44. The third-order valence-corrected chi connectivity index (χ3v) is 4.77. The molecular formula is C11H14N2O3S. The van der Waals surface area contributed by atoms with E-state index in [0.717, 1.165) is 19.1 Å². The average Bonchev–Trinajstić information content (AvgIpc) is 2.84. The molecule has 17 heavy (non-hydrogen) atoms. The van der Waals surface area contributed by atoms with E-state index in [1.807, 2.05) is 0 Å². The summed E-state index contributed by atoms with van der Waals surface area (Å²) >= 11 is 0. The second-order valence-electron chi connectivity index (χ2n) is 3.89. The first-order valence-electron chi connectivity index (χ1n) is 5.43. The first-order valence-corrected chi connectivity index (χ1v) is 6.87. The molecule has 1 heterocycles. The molecule has 1 saturated heterocycles. The van der Waals surface area contributed by atoms with Gasteiger partial charge in [0.2, 0.25) is 10.0 Å². The van der Waals surface area contributed by atoms with Crippen LogP contribution in [0.2, 0.25) is 0 Å². The molecule has 0 unspecified atom stereocenters. The summed E-state index contributed by atoms with van der Waals surface area (Å²) in [5.74, 6) is 0. The summed E-state index contributed by atoms with van der Waals surface area (Å²) in [6.07, 6.45) is 2.94. The van der Waals surface area contributed by atoms with Crippen LogP contribution in [-0.4, -0.2) is 37.2 Å². The van der Waals surface area contributed by atoms with E-state index in [0.29, 0.717) is 18.7 Å². The summed E-state index contributed by atoms with van der Waals surface area (Å²) in [4.78, 5) is 0.194. The van der Waals surface area contributed by atoms with Crippen molar-refractivity contribution in [2.24, 2.45) is 5.16 Å². The smallest absolute Gasteiger partial charge is 0.243 e. The van der Waals surface area contributed by atoms with E-state index in [1.165, 1.54) is 10.4 Å². The zero-order valence-electron chi connectivity index (χ0n) is 9.28. The van der Waals surface area contributed by atoms with Crippen LogP contribution >= 0.6 is 0 Å². The Morgan fingerprint density at radius 2 is 1.88 bits per heavy atom. The molecule has 1 fully saturated rings. The van der Waals surface area contributed by atoms with Crippen molar-refractivity contribution in [2.45, 2.75) is 17.7 Å². The highest BCUT2D eigenvalue weighted by molar-refractivity contribution is 7.89. The lowest BCUT2D eigenvalue weighted by Crippen LogP contribution is -2.28. The number of sulfonamides is 1. The van der Waals surface area contributed by atoms with Crippen LogP contribution < -0.4 is 0 Å². The zero-order chi connectivity index (χ0) is 12.3. The summed E-state index contributed by atoms with van der Waals surface area (Å²) in [5.41, 5.74) is 0.405. The predicted octanol–water partition coefficient (Wildman–Crippen LogP) is 1.28. The van der Waals surface area contributed by atoms with Gasteiger partial charge in [0, 0.05) is 18.7 Å². The molecule has 1 aliphatic rings. The Bertz CT molecular complexity index is 519. The van der Waals surface area contributed by atoms with Gasteiger partial charge in [0.1, 0.15) is 0 Å². The van der Waals surface area contributed by atoms with Crippen molar-refractivity contribution in [3.63, 3.8) is 0 Å². The van der Waals surface area contributed by atoms with E-state index in [9.17, 15) is 8.42 Å². The number of nitrogens with zero attached hydrogens (tertiary/aromatic N) is 2. The van der Waals surface area contributed by atoms with Crippen LogP contribution in [0.15, 0.2) is 34.3 Å². The minimum absolute atomic E-state index is 0.194. The summed E-state index contributed by atoms with van der Waals surface area (Å²) in [6.45, 7) is 1.12. The molecule has 1 aliphatic heterocycles. The molecule has 0 bridgehead atoms. The third kappa shape index (κ3) is 2.32. The maximum atomic E-state index is 12.3. The monoisotopic (exact) mass is 254 g/mol. The minimum atomic E-state index is -3.46. The fourth-order valence-corrected chi connectivity index (χ4v) is 3.64. The Labute approximate surface area is 100 Å². The number of hydrogen-bond acceptors (Lipinski definition) is 4. The first-order chi connectivity index (χ1) is 8.16. The van der Waals surface area contributed by atoms with Gasteiger partial charge in [-0.15, -0.1) is 0 Å². The molecule has 1 aromatic carbocycles. The number of benzene rings is 1. The molecule has 92 valence electrons. The van der Waals surface area contributed by atoms with Gasteiger partial charge in [-0.3, -0.25) is 0 Å². The molecule has 1 aromatic rings. The molecule has 0 radical (unpaired) electrons. The molecule has 0 aliphatic carbocycles. The molecule has 5 nitrogen and oxygen atoms in total. The van der Waals surface area contributed by atoms with E-state index in [2.05, 4.69) is 5.16 Å². The zero-order valence-corrected chi connectivity index (χ0v) is 10.1. The highest BCUT2D eigenvalue weighted by Crippen LogP contribution is 2.22. The van der Waals surface area contributed by atoms with Gasteiger partial charge in [-0.25, -0.2) is 8.42 Å². The largest absolute Gasteiger partial charge is 0.411 e. The van der Waals surface area contributed by atoms with Crippen LogP contribution in [0, 0.1) is 0 Å². The quantitative estimate of drug-likeness (QED) is 0.502. The van der Waals surface area contributed by atoms with Crippen LogP contribution in [0.1, 0.15) is 18.4 Å².